The molecule has 7 nitrogen and oxygen atoms in total. The molecule has 2 heterocycles. The van der Waals surface area contributed by atoms with Crippen LogP contribution in [0.3, 0.4) is 0 Å². The summed E-state index contributed by atoms with van der Waals surface area (Å²) in [5.74, 6) is 0.284. The van der Waals surface area contributed by atoms with E-state index in [1.807, 2.05) is 13.8 Å². The van der Waals surface area contributed by atoms with E-state index in [0.717, 1.165) is 25.9 Å². The Balaban J connectivity index is 1.99. The molecule has 0 amide bonds. The van der Waals surface area contributed by atoms with Crippen LogP contribution in [-0.4, -0.2) is 49.5 Å². The summed E-state index contributed by atoms with van der Waals surface area (Å²) in [6.45, 7) is 5.59. The van der Waals surface area contributed by atoms with E-state index in [2.05, 4.69) is 11.9 Å². The lowest BCUT2D eigenvalue weighted by Gasteiger charge is -2.28. The molecule has 0 spiro atoms. The average molecular weight is 363 g/mol. The van der Waals surface area contributed by atoms with Crippen LogP contribution < -0.4 is 19.6 Å². The summed E-state index contributed by atoms with van der Waals surface area (Å²) in [5, 5.41) is 10.5. The van der Waals surface area contributed by atoms with Gasteiger partial charge in [0.05, 0.1) is 19.3 Å². The molecule has 1 N–H and O–H groups in total. The first-order valence-corrected chi connectivity index (χ1v) is 8.78. The van der Waals surface area contributed by atoms with E-state index < -0.39 is 0 Å². The van der Waals surface area contributed by atoms with Crippen LogP contribution in [0.5, 0.6) is 23.2 Å². The molecule has 0 atom stereocenters. The molecule has 0 bridgehead atoms. The average Bonchev–Trinajstić information content (AvgIpc) is 2.56. The second-order valence-corrected chi connectivity index (χ2v) is 6.85. The molecule has 0 unspecified atom stereocenters. The fraction of sp³-hybridized carbons (Fsp3) is 0.526. The number of piperidine rings is 1. The highest BCUT2D eigenvalue weighted by atomic mass is 16.6. The van der Waals surface area contributed by atoms with Crippen LogP contribution in [0, 0.1) is 0 Å². The van der Waals surface area contributed by atoms with Gasteiger partial charge in [0.15, 0.2) is 11.5 Å². The predicted octanol–water partition coefficient (Wildman–Crippen LogP) is 2.77. The Hall–Kier alpha value is -2.41. The minimum atomic E-state index is -0.388. The predicted molar refractivity (Wildman–Crippen MR) is 97.6 cm³/mol. The van der Waals surface area contributed by atoms with Crippen LogP contribution in [0.15, 0.2) is 21.3 Å². The molecule has 3 rings (SSSR count). The number of aromatic hydroxyl groups is 1. The van der Waals surface area contributed by atoms with E-state index in [1.54, 1.807) is 6.07 Å². The van der Waals surface area contributed by atoms with Gasteiger partial charge in [-0.1, -0.05) is 0 Å². The van der Waals surface area contributed by atoms with Crippen LogP contribution in [0.4, 0.5) is 0 Å². The van der Waals surface area contributed by atoms with Gasteiger partial charge in [-0.05, 0) is 33.7 Å². The third-order valence-electron chi connectivity index (χ3n) is 4.41. The Kier molecular flexibility index (Phi) is 5.27. The third-order valence-corrected chi connectivity index (χ3v) is 4.41. The Morgan fingerprint density at radius 2 is 1.96 bits per heavy atom. The van der Waals surface area contributed by atoms with Gasteiger partial charge in [0.1, 0.15) is 17.1 Å². The number of ether oxygens (including phenoxy) is 3. The fourth-order valence-electron chi connectivity index (χ4n) is 3.10. The minimum absolute atomic E-state index is 0.00466. The van der Waals surface area contributed by atoms with Crippen molar-refractivity contribution in [1.29, 1.82) is 0 Å². The number of phenolic OH excluding ortho intramolecular Hbond substituents is 1. The van der Waals surface area contributed by atoms with Gasteiger partial charge in [0.2, 0.25) is 11.2 Å². The monoisotopic (exact) mass is 363 g/mol. The molecule has 0 saturated carbocycles. The van der Waals surface area contributed by atoms with E-state index in [-0.39, 0.29) is 46.1 Å². The molecule has 2 aromatic rings. The largest absolute Gasteiger partial charge is 0.504 e. The van der Waals surface area contributed by atoms with Crippen molar-refractivity contribution in [2.75, 3.05) is 27.2 Å². The second kappa shape index (κ2) is 7.45. The first-order chi connectivity index (χ1) is 12.4. The summed E-state index contributed by atoms with van der Waals surface area (Å²) >= 11 is 0. The van der Waals surface area contributed by atoms with Crippen LogP contribution in [-0.2, 0) is 0 Å². The van der Waals surface area contributed by atoms with Gasteiger partial charge in [0, 0.05) is 19.2 Å². The summed E-state index contributed by atoms with van der Waals surface area (Å²) in [5.41, 5.74) is -0.185. The van der Waals surface area contributed by atoms with Crippen LogP contribution in [0.1, 0.15) is 26.7 Å². The molecule has 26 heavy (non-hydrogen) atoms. The molecule has 0 aliphatic carbocycles. The minimum Gasteiger partial charge on any atom is -0.504 e. The quantitative estimate of drug-likeness (QED) is 0.875. The Morgan fingerprint density at radius 3 is 2.58 bits per heavy atom. The number of benzene rings is 1. The van der Waals surface area contributed by atoms with Crippen molar-refractivity contribution in [1.82, 2.24) is 4.90 Å². The standard InChI is InChI=1S/C19H25NO6/c1-11(2)24-15-10-14-17(18(22)19(15)23-4)13(21)9-16(26-14)25-12-5-7-20(3)8-6-12/h9-12,22H,5-8H2,1-4H3. The Labute approximate surface area is 152 Å². The first-order valence-electron chi connectivity index (χ1n) is 8.78. The van der Waals surface area contributed by atoms with Crippen molar-refractivity contribution in [3.8, 4) is 23.2 Å². The van der Waals surface area contributed by atoms with Crippen molar-refractivity contribution in [3.05, 3.63) is 22.4 Å². The molecular weight excluding hydrogens is 338 g/mol. The molecule has 7 heteroatoms. The maximum atomic E-state index is 12.5. The van der Waals surface area contributed by atoms with Gasteiger partial charge in [-0.3, -0.25) is 4.79 Å². The first kappa shape index (κ1) is 18.4. The highest BCUT2D eigenvalue weighted by molar-refractivity contribution is 5.88. The summed E-state index contributed by atoms with van der Waals surface area (Å²) in [7, 11) is 3.48. The number of likely N-dealkylation sites (tertiary alicyclic amines) is 1. The zero-order valence-corrected chi connectivity index (χ0v) is 15.6. The molecular formula is C19H25NO6. The molecule has 0 radical (unpaired) electrons. The maximum absolute atomic E-state index is 12.5. The van der Waals surface area contributed by atoms with Gasteiger partial charge in [-0.25, -0.2) is 0 Å². The molecule has 1 fully saturated rings. The normalized spacial score (nSPS) is 16.2. The molecule has 1 aliphatic heterocycles. The van der Waals surface area contributed by atoms with Crippen LogP contribution in [0.2, 0.25) is 0 Å². The van der Waals surface area contributed by atoms with Gasteiger partial charge >= 0.3 is 0 Å². The topological polar surface area (TPSA) is 81.4 Å². The van der Waals surface area contributed by atoms with E-state index in [1.165, 1.54) is 13.2 Å². The number of nitrogens with zero attached hydrogens (tertiary/aromatic N) is 1. The zero-order chi connectivity index (χ0) is 18.8. The highest BCUT2D eigenvalue weighted by Crippen LogP contribution is 2.42. The number of phenols is 1. The maximum Gasteiger partial charge on any atom is 0.289 e. The lowest BCUT2D eigenvalue weighted by molar-refractivity contribution is 0.0908. The molecule has 1 aromatic carbocycles. The molecule has 1 aromatic heterocycles. The fourth-order valence-corrected chi connectivity index (χ4v) is 3.10. The zero-order valence-electron chi connectivity index (χ0n) is 15.6. The SMILES string of the molecule is COc1c(OC(C)C)cc2oc(OC3CCN(C)CC3)cc(=O)c2c1O. The summed E-state index contributed by atoms with van der Waals surface area (Å²) in [4.78, 5) is 14.7. The molecule has 142 valence electrons. The summed E-state index contributed by atoms with van der Waals surface area (Å²) in [6.07, 6.45) is 1.61. The van der Waals surface area contributed by atoms with E-state index in [0.29, 0.717) is 5.75 Å². The highest BCUT2D eigenvalue weighted by Gasteiger charge is 2.23. The Morgan fingerprint density at radius 1 is 1.27 bits per heavy atom. The lowest BCUT2D eigenvalue weighted by atomic mass is 10.1. The van der Waals surface area contributed by atoms with Gasteiger partial charge in [-0.2, -0.15) is 0 Å². The number of fused-ring (bicyclic) bond motifs is 1. The van der Waals surface area contributed by atoms with Crippen molar-refractivity contribution < 1.29 is 23.7 Å². The van der Waals surface area contributed by atoms with Crippen molar-refractivity contribution in [3.63, 3.8) is 0 Å². The van der Waals surface area contributed by atoms with Gasteiger partial charge < -0.3 is 28.6 Å². The smallest absolute Gasteiger partial charge is 0.289 e. The third kappa shape index (κ3) is 3.72. The van der Waals surface area contributed by atoms with E-state index >= 15 is 0 Å². The summed E-state index contributed by atoms with van der Waals surface area (Å²) < 4.78 is 22.5. The van der Waals surface area contributed by atoms with E-state index in [9.17, 15) is 9.90 Å². The summed E-state index contributed by atoms with van der Waals surface area (Å²) in [6, 6.07) is 2.82. The van der Waals surface area contributed by atoms with Crippen LogP contribution in [0.25, 0.3) is 11.0 Å². The number of hydrogen-bond acceptors (Lipinski definition) is 7. The van der Waals surface area contributed by atoms with Crippen molar-refractivity contribution in [2.24, 2.45) is 0 Å². The number of methoxy groups -OCH3 is 1. The van der Waals surface area contributed by atoms with Gasteiger partial charge in [-0.15, -0.1) is 0 Å². The lowest BCUT2D eigenvalue weighted by Crippen LogP contribution is -2.35. The second-order valence-electron chi connectivity index (χ2n) is 6.85. The van der Waals surface area contributed by atoms with Crippen molar-refractivity contribution in [2.45, 2.75) is 38.9 Å². The van der Waals surface area contributed by atoms with Crippen molar-refractivity contribution >= 4 is 11.0 Å². The molecule has 1 aliphatic rings. The number of rotatable bonds is 5. The Bertz CT molecular complexity index is 836. The van der Waals surface area contributed by atoms with Gasteiger partial charge in [0.25, 0.3) is 5.95 Å². The van der Waals surface area contributed by atoms with Crippen LogP contribution >= 0.6 is 0 Å². The molecule has 1 saturated heterocycles. The number of hydrogen-bond donors (Lipinski definition) is 1. The van der Waals surface area contributed by atoms with E-state index in [4.69, 9.17) is 18.6 Å².